The van der Waals surface area contributed by atoms with Crippen molar-refractivity contribution >= 4 is 15.7 Å². The van der Waals surface area contributed by atoms with Crippen molar-refractivity contribution in [3.8, 4) is 0 Å². The average molecular weight is 297 g/mol. The quantitative estimate of drug-likeness (QED) is 0.835. The van der Waals surface area contributed by atoms with Gasteiger partial charge in [0.25, 0.3) is 0 Å². The first-order valence-electron chi connectivity index (χ1n) is 7.07. The van der Waals surface area contributed by atoms with Crippen LogP contribution in [0.2, 0.25) is 0 Å². The fraction of sp³-hybridized carbons (Fsp3) is 0.571. The molecular formula is C14H23N3O2S. The van der Waals surface area contributed by atoms with Gasteiger partial charge in [0.05, 0.1) is 5.69 Å². The smallest absolute Gasteiger partial charge is 0.242 e. The minimum atomic E-state index is -3.43. The molecule has 1 unspecified atom stereocenters. The number of likely N-dealkylation sites (N-methyl/N-ethyl adjacent to an activating group) is 1. The van der Waals surface area contributed by atoms with E-state index in [-0.39, 0.29) is 0 Å². The van der Waals surface area contributed by atoms with Gasteiger partial charge in [-0.3, -0.25) is 0 Å². The van der Waals surface area contributed by atoms with Crippen LogP contribution < -0.4 is 10.0 Å². The first kappa shape index (κ1) is 15.3. The van der Waals surface area contributed by atoms with Crippen molar-refractivity contribution in [3.63, 3.8) is 0 Å². The van der Waals surface area contributed by atoms with E-state index in [1.165, 1.54) is 6.42 Å². The summed E-state index contributed by atoms with van der Waals surface area (Å²) in [5.74, 6) is 0. The predicted molar refractivity (Wildman–Crippen MR) is 81.4 cm³/mol. The zero-order chi connectivity index (χ0) is 14.6. The Hall–Kier alpha value is -1.11. The van der Waals surface area contributed by atoms with Crippen molar-refractivity contribution < 1.29 is 8.42 Å². The maximum Gasteiger partial charge on any atom is 0.242 e. The van der Waals surface area contributed by atoms with Crippen LogP contribution in [0.3, 0.4) is 0 Å². The molecule has 2 rings (SSSR count). The molecule has 2 N–H and O–H groups in total. The average Bonchev–Trinajstić information content (AvgIpc) is 2.82. The maximum absolute atomic E-state index is 12.2. The predicted octanol–water partition coefficient (Wildman–Crippen LogP) is 1.49. The van der Waals surface area contributed by atoms with Crippen LogP contribution in [0.15, 0.2) is 29.2 Å². The molecule has 0 spiro atoms. The van der Waals surface area contributed by atoms with Crippen molar-refractivity contribution in [2.24, 2.45) is 0 Å². The number of hydrogen-bond donors (Lipinski definition) is 2. The summed E-state index contributed by atoms with van der Waals surface area (Å²) in [6.07, 6.45) is 2.37. The third kappa shape index (κ3) is 3.50. The molecule has 112 valence electrons. The number of likely N-dealkylation sites (tertiary alicyclic amines) is 1. The van der Waals surface area contributed by atoms with Crippen LogP contribution in [0, 0.1) is 0 Å². The molecule has 1 fully saturated rings. The molecule has 0 bridgehead atoms. The first-order valence-corrected chi connectivity index (χ1v) is 8.55. The third-order valence-corrected chi connectivity index (χ3v) is 5.31. The molecule has 20 heavy (non-hydrogen) atoms. The standard InChI is InChI=1S/C14H23N3O2S/c1-3-16-20(18,19)14-9-5-4-8-13(14)15-11-12-7-6-10-17(12)2/h4-5,8-9,12,15-16H,3,6-7,10-11H2,1-2H3. The molecule has 1 atom stereocenters. The Morgan fingerprint density at radius 3 is 2.75 bits per heavy atom. The molecule has 5 nitrogen and oxygen atoms in total. The molecule has 1 aliphatic rings. The highest BCUT2D eigenvalue weighted by Crippen LogP contribution is 2.22. The van der Waals surface area contributed by atoms with Crippen molar-refractivity contribution in [1.29, 1.82) is 0 Å². The molecule has 0 saturated carbocycles. The summed E-state index contributed by atoms with van der Waals surface area (Å²) in [4.78, 5) is 2.64. The second-order valence-electron chi connectivity index (χ2n) is 5.16. The van der Waals surface area contributed by atoms with Crippen molar-refractivity contribution in [3.05, 3.63) is 24.3 Å². The molecule has 1 aromatic rings. The summed E-state index contributed by atoms with van der Waals surface area (Å²) in [5, 5.41) is 3.29. The summed E-state index contributed by atoms with van der Waals surface area (Å²) in [6, 6.07) is 7.53. The van der Waals surface area contributed by atoms with Gasteiger partial charge in [0, 0.05) is 19.1 Å². The number of hydrogen-bond acceptors (Lipinski definition) is 4. The maximum atomic E-state index is 12.2. The van der Waals surface area contributed by atoms with E-state index >= 15 is 0 Å². The SMILES string of the molecule is CCNS(=O)(=O)c1ccccc1NCC1CCCN1C. The van der Waals surface area contributed by atoms with E-state index in [4.69, 9.17) is 0 Å². The van der Waals surface area contributed by atoms with Crippen LogP contribution in [-0.4, -0.2) is 46.0 Å². The van der Waals surface area contributed by atoms with E-state index in [2.05, 4.69) is 22.0 Å². The normalized spacial score (nSPS) is 20.2. The van der Waals surface area contributed by atoms with Crippen LogP contribution in [0.5, 0.6) is 0 Å². The van der Waals surface area contributed by atoms with Crippen LogP contribution in [0.25, 0.3) is 0 Å². The number of sulfonamides is 1. The minimum Gasteiger partial charge on any atom is -0.382 e. The van der Waals surface area contributed by atoms with Crippen molar-refractivity contribution in [2.75, 3.05) is 32.0 Å². The highest BCUT2D eigenvalue weighted by molar-refractivity contribution is 7.89. The number of rotatable bonds is 6. The number of benzene rings is 1. The molecule has 0 amide bonds. The van der Waals surface area contributed by atoms with Gasteiger partial charge >= 0.3 is 0 Å². The highest BCUT2D eigenvalue weighted by atomic mass is 32.2. The van der Waals surface area contributed by atoms with Gasteiger partial charge in [-0.05, 0) is 38.6 Å². The van der Waals surface area contributed by atoms with Crippen LogP contribution in [0.4, 0.5) is 5.69 Å². The van der Waals surface area contributed by atoms with Gasteiger partial charge in [-0.1, -0.05) is 19.1 Å². The van der Waals surface area contributed by atoms with E-state index in [1.54, 1.807) is 19.1 Å². The number of nitrogens with zero attached hydrogens (tertiary/aromatic N) is 1. The summed E-state index contributed by atoms with van der Waals surface area (Å²) in [5.41, 5.74) is 0.675. The molecule has 0 radical (unpaired) electrons. The van der Waals surface area contributed by atoms with E-state index in [0.717, 1.165) is 19.5 Å². The van der Waals surface area contributed by atoms with E-state index in [9.17, 15) is 8.42 Å². The van der Waals surface area contributed by atoms with Gasteiger partial charge < -0.3 is 10.2 Å². The van der Waals surface area contributed by atoms with E-state index in [0.29, 0.717) is 23.2 Å². The van der Waals surface area contributed by atoms with Gasteiger partial charge in [-0.15, -0.1) is 0 Å². The third-order valence-electron chi connectivity index (χ3n) is 3.71. The van der Waals surface area contributed by atoms with Crippen molar-refractivity contribution in [2.45, 2.75) is 30.7 Å². The lowest BCUT2D eigenvalue weighted by atomic mass is 10.2. The Labute approximate surface area is 121 Å². The first-order chi connectivity index (χ1) is 9.54. The Morgan fingerprint density at radius 2 is 2.10 bits per heavy atom. The largest absolute Gasteiger partial charge is 0.382 e. The molecule has 0 aliphatic carbocycles. The van der Waals surface area contributed by atoms with Crippen LogP contribution in [0.1, 0.15) is 19.8 Å². The fourth-order valence-electron chi connectivity index (χ4n) is 2.58. The Morgan fingerprint density at radius 1 is 1.35 bits per heavy atom. The fourth-order valence-corrected chi connectivity index (χ4v) is 3.80. The molecule has 1 saturated heterocycles. The second kappa shape index (κ2) is 6.56. The molecule has 1 heterocycles. The van der Waals surface area contributed by atoms with Gasteiger partial charge in [0.2, 0.25) is 10.0 Å². The summed E-state index contributed by atoms with van der Waals surface area (Å²) >= 11 is 0. The number of anilines is 1. The van der Waals surface area contributed by atoms with E-state index < -0.39 is 10.0 Å². The number of para-hydroxylation sites is 1. The Kier molecular flexibility index (Phi) is 5.01. The summed E-state index contributed by atoms with van der Waals surface area (Å²) < 4.78 is 26.8. The zero-order valence-corrected chi connectivity index (χ0v) is 12.9. The monoisotopic (exact) mass is 297 g/mol. The van der Waals surface area contributed by atoms with Crippen LogP contribution in [-0.2, 0) is 10.0 Å². The minimum absolute atomic E-state index is 0.322. The molecule has 1 aliphatic heterocycles. The van der Waals surface area contributed by atoms with Crippen molar-refractivity contribution in [1.82, 2.24) is 9.62 Å². The van der Waals surface area contributed by atoms with Gasteiger partial charge in [0.1, 0.15) is 4.90 Å². The lowest BCUT2D eigenvalue weighted by Gasteiger charge is -2.21. The van der Waals surface area contributed by atoms with E-state index in [1.807, 2.05) is 12.1 Å². The lowest BCUT2D eigenvalue weighted by Crippen LogP contribution is -2.32. The Balaban J connectivity index is 2.12. The topological polar surface area (TPSA) is 61.4 Å². The summed E-state index contributed by atoms with van der Waals surface area (Å²) in [6.45, 7) is 4.06. The molecule has 6 heteroatoms. The van der Waals surface area contributed by atoms with Crippen LogP contribution >= 0.6 is 0 Å². The van der Waals surface area contributed by atoms with Gasteiger partial charge in [-0.25, -0.2) is 13.1 Å². The van der Waals surface area contributed by atoms with Gasteiger partial charge in [0.15, 0.2) is 0 Å². The van der Waals surface area contributed by atoms with Gasteiger partial charge in [-0.2, -0.15) is 0 Å². The highest BCUT2D eigenvalue weighted by Gasteiger charge is 2.22. The second-order valence-corrected chi connectivity index (χ2v) is 6.89. The Bertz CT molecular complexity index is 545. The molecular weight excluding hydrogens is 274 g/mol. The summed E-state index contributed by atoms with van der Waals surface area (Å²) in [7, 11) is -1.31. The number of nitrogens with one attached hydrogen (secondary N) is 2. The zero-order valence-electron chi connectivity index (χ0n) is 12.1. The molecule has 0 aromatic heterocycles. The molecule has 1 aromatic carbocycles. The lowest BCUT2D eigenvalue weighted by molar-refractivity contribution is 0.322.